The molecule has 0 aliphatic rings. The van der Waals surface area contributed by atoms with Crippen molar-refractivity contribution in [2.75, 3.05) is 5.32 Å². The second-order valence-corrected chi connectivity index (χ2v) is 7.73. The van der Waals surface area contributed by atoms with Gasteiger partial charge in [0.25, 0.3) is 5.91 Å². The smallest absolute Gasteiger partial charge is 0.268 e. The van der Waals surface area contributed by atoms with Crippen LogP contribution in [-0.4, -0.2) is 34.4 Å². The molecule has 0 atom stereocenters. The molecular formula is C21H16FN7OS. The molecule has 0 aliphatic heterocycles. The zero-order chi connectivity index (χ0) is 21.5. The first kappa shape index (κ1) is 19.1. The summed E-state index contributed by atoms with van der Waals surface area (Å²) < 4.78 is 20.9. The number of benzene rings is 1. The fourth-order valence-corrected chi connectivity index (χ4v) is 3.78. The second kappa shape index (κ2) is 7.40. The summed E-state index contributed by atoms with van der Waals surface area (Å²) in [6.07, 6.45) is 3.23. The first-order chi connectivity index (χ1) is 15.0. The van der Waals surface area contributed by atoms with E-state index in [-0.39, 0.29) is 11.7 Å². The summed E-state index contributed by atoms with van der Waals surface area (Å²) in [7, 11) is 1.91. The van der Waals surface area contributed by atoms with Crippen molar-refractivity contribution in [2.45, 2.75) is 6.92 Å². The maximum atomic E-state index is 13.4. The Morgan fingerprint density at radius 1 is 1.10 bits per heavy atom. The maximum absolute atomic E-state index is 13.4. The molecule has 0 fully saturated rings. The van der Waals surface area contributed by atoms with Gasteiger partial charge in [-0.15, -0.1) is 0 Å². The third kappa shape index (κ3) is 3.46. The largest absolute Gasteiger partial charge is 0.330 e. The van der Waals surface area contributed by atoms with E-state index < -0.39 is 0 Å². The van der Waals surface area contributed by atoms with Gasteiger partial charge in [0.05, 0.1) is 17.6 Å². The summed E-state index contributed by atoms with van der Waals surface area (Å²) in [5, 5.41) is 7.43. The fourth-order valence-electron chi connectivity index (χ4n) is 3.29. The number of aryl methyl sites for hydroxylation is 1. The van der Waals surface area contributed by atoms with Gasteiger partial charge in [-0.3, -0.25) is 4.79 Å². The van der Waals surface area contributed by atoms with Crippen molar-refractivity contribution in [3.05, 3.63) is 71.4 Å². The summed E-state index contributed by atoms with van der Waals surface area (Å²) in [5.41, 5.74) is 3.57. The number of anilines is 1. The molecule has 1 amide bonds. The average molecular weight is 433 g/mol. The molecule has 5 aromatic rings. The summed E-state index contributed by atoms with van der Waals surface area (Å²) in [6.45, 7) is 1.90. The molecule has 5 rings (SSSR count). The quantitative estimate of drug-likeness (QED) is 0.463. The lowest BCUT2D eigenvalue weighted by Gasteiger charge is -2.07. The normalized spacial score (nSPS) is 11.2. The molecule has 10 heteroatoms. The van der Waals surface area contributed by atoms with Crippen molar-refractivity contribution in [1.29, 1.82) is 0 Å². The number of halogens is 1. The van der Waals surface area contributed by atoms with Gasteiger partial charge in [0.2, 0.25) is 0 Å². The molecule has 0 spiro atoms. The van der Waals surface area contributed by atoms with E-state index in [2.05, 4.69) is 24.8 Å². The van der Waals surface area contributed by atoms with Crippen molar-refractivity contribution < 1.29 is 9.18 Å². The van der Waals surface area contributed by atoms with Crippen molar-refractivity contribution in [3.63, 3.8) is 0 Å². The van der Waals surface area contributed by atoms with E-state index in [1.165, 1.54) is 12.1 Å². The third-order valence-electron chi connectivity index (χ3n) is 4.90. The number of nitrogens with one attached hydrogen (secondary N) is 1. The van der Waals surface area contributed by atoms with Crippen LogP contribution in [0.1, 0.15) is 15.5 Å². The topological polar surface area (TPSA) is 90.0 Å². The van der Waals surface area contributed by atoms with Gasteiger partial charge >= 0.3 is 0 Å². The summed E-state index contributed by atoms with van der Waals surface area (Å²) in [5.74, 6) is 0.623. The Morgan fingerprint density at radius 2 is 1.90 bits per heavy atom. The lowest BCUT2D eigenvalue weighted by atomic mass is 10.1. The minimum absolute atomic E-state index is 0.271. The molecule has 31 heavy (non-hydrogen) atoms. The van der Waals surface area contributed by atoms with Gasteiger partial charge in [0.15, 0.2) is 11.5 Å². The van der Waals surface area contributed by atoms with Gasteiger partial charge in [0.1, 0.15) is 22.2 Å². The van der Waals surface area contributed by atoms with Crippen LogP contribution in [0.3, 0.4) is 0 Å². The van der Waals surface area contributed by atoms with Gasteiger partial charge in [-0.1, -0.05) is 0 Å². The van der Waals surface area contributed by atoms with Gasteiger partial charge in [-0.05, 0) is 60.9 Å². The first-order valence-electron chi connectivity index (χ1n) is 9.38. The van der Waals surface area contributed by atoms with Gasteiger partial charge < -0.3 is 9.88 Å². The summed E-state index contributed by atoms with van der Waals surface area (Å²) in [4.78, 5) is 21.8. The molecule has 0 saturated heterocycles. The number of carbonyl (C=O) groups excluding carboxylic acids is 1. The van der Waals surface area contributed by atoms with E-state index in [0.29, 0.717) is 27.7 Å². The zero-order valence-corrected chi connectivity index (χ0v) is 17.4. The van der Waals surface area contributed by atoms with Crippen LogP contribution < -0.4 is 5.32 Å². The molecule has 1 N–H and O–H groups in total. The molecule has 8 nitrogen and oxygen atoms in total. The van der Waals surface area contributed by atoms with Gasteiger partial charge in [-0.2, -0.15) is 5.10 Å². The second-order valence-electron chi connectivity index (χ2n) is 6.90. The van der Waals surface area contributed by atoms with E-state index in [1.54, 1.807) is 35.1 Å². The van der Waals surface area contributed by atoms with Gasteiger partial charge in [-0.25, -0.2) is 23.2 Å². The number of carbonyl (C=O) groups is 1. The molecule has 1 aromatic carbocycles. The number of hydrogen-bond donors (Lipinski definition) is 1. The number of nitrogens with zero attached hydrogens (tertiary/aromatic N) is 6. The Morgan fingerprint density at radius 3 is 2.65 bits per heavy atom. The van der Waals surface area contributed by atoms with Crippen LogP contribution in [0.2, 0.25) is 0 Å². The maximum Gasteiger partial charge on any atom is 0.268 e. The summed E-state index contributed by atoms with van der Waals surface area (Å²) in [6, 6.07) is 11.5. The van der Waals surface area contributed by atoms with E-state index in [0.717, 1.165) is 28.6 Å². The molecule has 0 radical (unpaired) electrons. The highest BCUT2D eigenvalue weighted by atomic mass is 32.1. The van der Waals surface area contributed by atoms with E-state index in [1.807, 2.05) is 30.7 Å². The van der Waals surface area contributed by atoms with Crippen molar-refractivity contribution >= 4 is 28.9 Å². The van der Waals surface area contributed by atoms with Crippen LogP contribution in [0, 0.1) is 12.7 Å². The number of aromatic nitrogens is 6. The third-order valence-corrected chi connectivity index (χ3v) is 5.65. The molecule has 4 aromatic heterocycles. The molecule has 0 saturated carbocycles. The lowest BCUT2D eigenvalue weighted by Crippen LogP contribution is -2.10. The summed E-state index contributed by atoms with van der Waals surface area (Å²) >= 11 is 1.12. The highest BCUT2D eigenvalue weighted by Gasteiger charge is 2.18. The SMILES string of the molecule is Cc1nc(-c2ccc(F)cc2)c(-c2ccc3nc(NC(=O)c4ccns4)cn3n2)n1C. The minimum Gasteiger partial charge on any atom is -0.330 e. The fraction of sp³-hybridized carbons (Fsp3) is 0.0952. The molecule has 0 aliphatic carbocycles. The lowest BCUT2D eigenvalue weighted by molar-refractivity contribution is 0.103. The van der Waals surface area contributed by atoms with Crippen LogP contribution in [0.5, 0.6) is 0 Å². The zero-order valence-electron chi connectivity index (χ0n) is 16.6. The highest BCUT2D eigenvalue weighted by Crippen LogP contribution is 2.31. The minimum atomic E-state index is -0.302. The van der Waals surface area contributed by atoms with Crippen molar-refractivity contribution in [3.8, 4) is 22.6 Å². The van der Waals surface area contributed by atoms with Crippen LogP contribution in [-0.2, 0) is 7.05 Å². The standard InChI is InChI=1S/C21H16FN7OS/c1-12-24-19(13-3-5-14(22)6-4-13)20(28(12)2)15-7-8-18-25-17(11-29(18)27-15)26-21(30)16-9-10-23-31-16/h3-11H,1-2H3,(H,26,30). The number of rotatable bonds is 4. The molecule has 154 valence electrons. The number of amides is 1. The van der Waals surface area contributed by atoms with Crippen LogP contribution in [0.15, 0.2) is 54.9 Å². The Hall–Kier alpha value is -3.92. The monoisotopic (exact) mass is 433 g/mol. The van der Waals surface area contributed by atoms with Crippen LogP contribution >= 0.6 is 11.5 Å². The average Bonchev–Trinajstić information content (AvgIpc) is 3.48. The van der Waals surface area contributed by atoms with E-state index in [9.17, 15) is 9.18 Å². The molecular weight excluding hydrogens is 417 g/mol. The number of hydrogen-bond acceptors (Lipinski definition) is 6. The Kier molecular flexibility index (Phi) is 4.55. The molecule has 0 unspecified atom stereocenters. The Balaban J connectivity index is 1.54. The van der Waals surface area contributed by atoms with Crippen molar-refractivity contribution in [1.82, 2.24) is 28.5 Å². The van der Waals surface area contributed by atoms with E-state index in [4.69, 9.17) is 0 Å². The van der Waals surface area contributed by atoms with Crippen molar-refractivity contribution in [2.24, 2.45) is 7.05 Å². The number of fused-ring (bicyclic) bond motifs is 1. The number of imidazole rings is 2. The van der Waals surface area contributed by atoms with Gasteiger partial charge in [0, 0.05) is 18.8 Å². The predicted octanol–water partition coefficient (Wildman–Crippen LogP) is 3.95. The Bertz CT molecular complexity index is 1400. The highest BCUT2D eigenvalue weighted by molar-refractivity contribution is 7.08. The predicted molar refractivity (Wildman–Crippen MR) is 115 cm³/mol. The Labute approximate surface area is 180 Å². The first-order valence-corrected chi connectivity index (χ1v) is 10.1. The van der Waals surface area contributed by atoms with E-state index >= 15 is 0 Å². The van der Waals surface area contributed by atoms with Crippen LogP contribution in [0.4, 0.5) is 10.2 Å². The molecule has 4 heterocycles. The molecule has 0 bridgehead atoms. The van der Waals surface area contributed by atoms with Crippen LogP contribution in [0.25, 0.3) is 28.3 Å².